The molecule has 2 aliphatic rings. The number of pyridine rings is 1. The Morgan fingerprint density at radius 3 is 2.55 bits per heavy atom. The first-order valence-corrected chi connectivity index (χ1v) is 10.1. The van der Waals surface area contributed by atoms with Crippen molar-refractivity contribution in [3.05, 3.63) is 59.9 Å². The molecule has 4 rings (SSSR count). The zero-order valence-electron chi connectivity index (χ0n) is 16.4. The summed E-state index contributed by atoms with van der Waals surface area (Å²) in [5.41, 5.74) is 2.02. The third-order valence-electron chi connectivity index (χ3n) is 5.45. The fourth-order valence-corrected chi connectivity index (χ4v) is 3.78. The highest BCUT2D eigenvalue weighted by Gasteiger charge is 2.23. The van der Waals surface area contributed by atoms with Crippen LogP contribution in [0.5, 0.6) is 0 Å². The summed E-state index contributed by atoms with van der Waals surface area (Å²) >= 11 is 0. The monoisotopic (exact) mass is 394 g/mol. The Morgan fingerprint density at radius 2 is 1.83 bits per heavy atom. The first kappa shape index (κ1) is 19.4. The maximum Gasteiger partial charge on any atom is 0.255 e. The smallest absolute Gasteiger partial charge is 0.255 e. The van der Waals surface area contributed by atoms with E-state index in [9.17, 15) is 9.59 Å². The van der Waals surface area contributed by atoms with Crippen molar-refractivity contribution in [3.63, 3.8) is 0 Å². The van der Waals surface area contributed by atoms with Gasteiger partial charge in [-0.15, -0.1) is 0 Å². The standard InChI is InChI=1S/C22H26N4O3/c27-21(24-16-20-7-4-12-29-20)17-13-18(15-23-14-17)22(28)26-10-8-25(9-11-26)19-5-2-1-3-6-19/h1-3,5-6,13-15,20H,4,7-12,16H2,(H,24,27). The van der Waals surface area contributed by atoms with Gasteiger partial charge in [0, 0.05) is 57.4 Å². The van der Waals surface area contributed by atoms with Gasteiger partial charge in [0.25, 0.3) is 11.8 Å². The second-order valence-corrected chi connectivity index (χ2v) is 7.42. The lowest BCUT2D eigenvalue weighted by Crippen LogP contribution is -2.48. The van der Waals surface area contributed by atoms with Gasteiger partial charge >= 0.3 is 0 Å². The van der Waals surface area contributed by atoms with Crippen LogP contribution in [0.4, 0.5) is 5.69 Å². The summed E-state index contributed by atoms with van der Waals surface area (Å²) in [5, 5.41) is 2.88. The number of aromatic nitrogens is 1. The van der Waals surface area contributed by atoms with Gasteiger partial charge in [0.1, 0.15) is 0 Å². The lowest BCUT2D eigenvalue weighted by molar-refractivity contribution is 0.0746. The molecule has 7 heteroatoms. The lowest BCUT2D eigenvalue weighted by atomic mass is 10.1. The molecule has 2 aliphatic heterocycles. The van der Waals surface area contributed by atoms with Crippen LogP contribution in [0.1, 0.15) is 33.6 Å². The highest BCUT2D eigenvalue weighted by Crippen LogP contribution is 2.17. The van der Waals surface area contributed by atoms with Gasteiger partial charge in [-0.25, -0.2) is 0 Å². The van der Waals surface area contributed by atoms with Gasteiger partial charge in [-0.3, -0.25) is 14.6 Å². The minimum Gasteiger partial charge on any atom is -0.376 e. The van der Waals surface area contributed by atoms with Crippen LogP contribution < -0.4 is 10.2 Å². The lowest BCUT2D eigenvalue weighted by Gasteiger charge is -2.36. The van der Waals surface area contributed by atoms with Gasteiger partial charge < -0.3 is 19.9 Å². The van der Waals surface area contributed by atoms with Crippen LogP contribution in [0.3, 0.4) is 0 Å². The Kier molecular flexibility index (Phi) is 6.05. The van der Waals surface area contributed by atoms with Gasteiger partial charge in [-0.1, -0.05) is 18.2 Å². The summed E-state index contributed by atoms with van der Waals surface area (Å²) in [6.45, 7) is 4.09. The molecular formula is C22H26N4O3. The topological polar surface area (TPSA) is 74.8 Å². The van der Waals surface area contributed by atoms with Crippen LogP contribution in [0.25, 0.3) is 0 Å². The number of anilines is 1. The van der Waals surface area contributed by atoms with Gasteiger partial charge in [-0.05, 0) is 31.0 Å². The first-order chi connectivity index (χ1) is 14.2. The molecule has 0 spiro atoms. The molecule has 0 bridgehead atoms. The molecule has 1 aromatic carbocycles. The van der Waals surface area contributed by atoms with E-state index in [2.05, 4.69) is 27.3 Å². The molecular weight excluding hydrogens is 368 g/mol. The van der Waals surface area contributed by atoms with E-state index in [4.69, 9.17) is 4.74 Å². The van der Waals surface area contributed by atoms with Gasteiger partial charge in [0.15, 0.2) is 0 Å². The van der Waals surface area contributed by atoms with E-state index in [1.54, 1.807) is 6.07 Å². The summed E-state index contributed by atoms with van der Waals surface area (Å²) in [4.78, 5) is 33.5. The van der Waals surface area contributed by atoms with Crippen LogP contribution in [-0.4, -0.2) is 67.1 Å². The number of rotatable bonds is 5. The number of piperazine rings is 1. The number of hydrogen-bond donors (Lipinski definition) is 1. The van der Waals surface area contributed by atoms with E-state index < -0.39 is 0 Å². The van der Waals surface area contributed by atoms with Crippen LogP contribution >= 0.6 is 0 Å². The van der Waals surface area contributed by atoms with Gasteiger partial charge in [-0.2, -0.15) is 0 Å². The van der Waals surface area contributed by atoms with Crippen molar-refractivity contribution < 1.29 is 14.3 Å². The van der Waals surface area contributed by atoms with Crippen LogP contribution in [0.2, 0.25) is 0 Å². The highest BCUT2D eigenvalue weighted by molar-refractivity contribution is 5.99. The number of amides is 2. The molecule has 0 saturated carbocycles. The van der Waals surface area contributed by atoms with Crippen molar-refractivity contribution in [2.75, 3.05) is 44.2 Å². The molecule has 2 amide bonds. The second-order valence-electron chi connectivity index (χ2n) is 7.42. The number of nitrogens with one attached hydrogen (secondary N) is 1. The summed E-state index contributed by atoms with van der Waals surface area (Å²) in [5.74, 6) is -0.310. The molecule has 2 saturated heterocycles. The number of hydrogen-bond acceptors (Lipinski definition) is 5. The fraction of sp³-hybridized carbons (Fsp3) is 0.409. The van der Waals surface area contributed by atoms with Crippen molar-refractivity contribution in [2.45, 2.75) is 18.9 Å². The fourth-order valence-electron chi connectivity index (χ4n) is 3.78. The third kappa shape index (κ3) is 4.74. The Bertz CT molecular complexity index is 844. The van der Waals surface area contributed by atoms with E-state index in [1.807, 2.05) is 23.1 Å². The number of ether oxygens (including phenoxy) is 1. The van der Waals surface area contributed by atoms with Gasteiger partial charge in [0.2, 0.25) is 0 Å². The minimum atomic E-state index is -0.225. The number of para-hydroxylation sites is 1. The molecule has 7 nitrogen and oxygen atoms in total. The third-order valence-corrected chi connectivity index (χ3v) is 5.45. The number of benzene rings is 1. The Balaban J connectivity index is 1.34. The predicted molar refractivity (Wildman–Crippen MR) is 110 cm³/mol. The maximum atomic E-state index is 12.9. The van der Waals surface area contributed by atoms with Crippen molar-refractivity contribution in [2.24, 2.45) is 0 Å². The van der Waals surface area contributed by atoms with E-state index in [0.29, 0.717) is 30.8 Å². The highest BCUT2D eigenvalue weighted by atomic mass is 16.5. The predicted octanol–water partition coefficient (Wildman–Crippen LogP) is 1.95. The Morgan fingerprint density at radius 1 is 1.07 bits per heavy atom. The zero-order valence-corrected chi connectivity index (χ0v) is 16.4. The quantitative estimate of drug-likeness (QED) is 0.839. The minimum absolute atomic E-state index is 0.0811. The zero-order chi connectivity index (χ0) is 20.1. The molecule has 29 heavy (non-hydrogen) atoms. The van der Waals surface area contributed by atoms with E-state index in [1.165, 1.54) is 18.1 Å². The van der Waals surface area contributed by atoms with Crippen LogP contribution in [0.15, 0.2) is 48.8 Å². The summed E-state index contributed by atoms with van der Waals surface area (Å²) < 4.78 is 5.53. The Labute approximate surface area is 170 Å². The van der Waals surface area contributed by atoms with Crippen molar-refractivity contribution >= 4 is 17.5 Å². The molecule has 0 radical (unpaired) electrons. The normalized spacial score (nSPS) is 19.2. The Hall–Kier alpha value is -2.93. The van der Waals surface area contributed by atoms with Crippen molar-refractivity contribution in [1.29, 1.82) is 0 Å². The SMILES string of the molecule is O=C(NCC1CCCO1)c1cncc(C(=O)N2CCN(c3ccccc3)CC2)c1. The molecule has 3 heterocycles. The first-order valence-electron chi connectivity index (χ1n) is 10.1. The molecule has 1 unspecified atom stereocenters. The largest absolute Gasteiger partial charge is 0.376 e. The van der Waals surface area contributed by atoms with Gasteiger partial charge in [0.05, 0.1) is 17.2 Å². The molecule has 1 aromatic heterocycles. The van der Waals surface area contributed by atoms with E-state index in [-0.39, 0.29) is 17.9 Å². The number of carbonyl (C=O) groups excluding carboxylic acids is 2. The van der Waals surface area contributed by atoms with E-state index in [0.717, 1.165) is 32.5 Å². The summed E-state index contributed by atoms with van der Waals surface area (Å²) in [6.07, 6.45) is 5.10. The van der Waals surface area contributed by atoms with Crippen LogP contribution in [0, 0.1) is 0 Å². The molecule has 152 valence electrons. The molecule has 2 aromatic rings. The molecule has 0 aliphatic carbocycles. The number of carbonyl (C=O) groups is 2. The van der Waals surface area contributed by atoms with Crippen molar-refractivity contribution in [1.82, 2.24) is 15.2 Å². The molecule has 1 N–H and O–H groups in total. The average Bonchev–Trinajstić information content (AvgIpc) is 3.31. The molecule has 1 atom stereocenters. The molecule has 2 fully saturated rings. The van der Waals surface area contributed by atoms with Crippen LogP contribution in [-0.2, 0) is 4.74 Å². The summed E-state index contributed by atoms with van der Waals surface area (Å²) in [6, 6.07) is 11.8. The second kappa shape index (κ2) is 9.05. The number of nitrogens with zero attached hydrogens (tertiary/aromatic N) is 3. The van der Waals surface area contributed by atoms with Crippen molar-refractivity contribution in [3.8, 4) is 0 Å². The average molecular weight is 394 g/mol. The maximum absolute atomic E-state index is 12.9. The summed E-state index contributed by atoms with van der Waals surface area (Å²) in [7, 11) is 0. The van der Waals surface area contributed by atoms with E-state index >= 15 is 0 Å².